The SMILES string of the molecule is COc1cccc(OC)c1-c1cc(C(=O)NC(CC(=O)NC(N)=S)Cc2ccccc2)nn1C1CCCC1. The van der Waals surface area contributed by atoms with Crippen LogP contribution in [0.4, 0.5) is 0 Å². The molecule has 0 saturated heterocycles. The van der Waals surface area contributed by atoms with Gasteiger partial charge in [0.2, 0.25) is 5.91 Å². The van der Waals surface area contributed by atoms with Crippen LogP contribution in [0.2, 0.25) is 0 Å². The predicted molar refractivity (Wildman–Crippen MR) is 149 cm³/mol. The molecule has 10 heteroatoms. The molecule has 9 nitrogen and oxygen atoms in total. The summed E-state index contributed by atoms with van der Waals surface area (Å²) in [6, 6.07) is 16.7. The molecule has 2 amide bonds. The molecule has 1 saturated carbocycles. The second kappa shape index (κ2) is 12.6. The molecule has 0 spiro atoms. The van der Waals surface area contributed by atoms with E-state index in [1.54, 1.807) is 20.3 Å². The maximum absolute atomic E-state index is 13.5. The summed E-state index contributed by atoms with van der Waals surface area (Å²) in [5.41, 5.74) is 8.21. The quantitative estimate of drug-likeness (QED) is 0.338. The molecule has 2 aromatic carbocycles. The molecule has 1 heterocycles. The van der Waals surface area contributed by atoms with Gasteiger partial charge in [-0.1, -0.05) is 49.2 Å². The maximum Gasteiger partial charge on any atom is 0.272 e. The van der Waals surface area contributed by atoms with Crippen LogP contribution in [0.3, 0.4) is 0 Å². The lowest BCUT2D eigenvalue weighted by molar-refractivity contribution is -0.120. The number of hydrogen-bond acceptors (Lipinski definition) is 6. The fourth-order valence-electron chi connectivity index (χ4n) is 4.97. The molecule has 1 fully saturated rings. The van der Waals surface area contributed by atoms with Gasteiger partial charge in [-0.25, -0.2) is 0 Å². The average Bonchev–Trinajstić information content (AvgIpc) is 3.58. The van der Waals surface area contributed by atoms with Crippen molar-refractivity contribution in [1.29, 1.82) is 0 Å². The van der Waals surface area contributed by atoms with E-state index in [1.807, 2.05) is 53.2 Å². The topological polar surface area (TPSA) is 120 Å². The number of hydrogen-bond donors (Lipinski definition) is 3. The standard InChI is InChI=1S/C28H33N5O4S/c1-36-23-13-8-14-24(37-2)26(23)22-17-21(32-33(22)20-11-6-7-12-20)27(35)30-19(16-25(34)31-28(29)38)15-18-9-4-3-5-10-18/h3-5,8-10,13-14,17,19-20H,6-7,11-12,15-16H2,1-2H3,(H,30,35)(H3,29,31,34,38). The number of carbonyl (C=O) groups excluding carboxylic acids is 2. The first-order chi connectivity index (χ1) is 18.4. The normalized spacial score (nSPS) is 14.1. The highest BCUT2D eigenvalue weighted by Gasteiger charge is 2.28. The van der Waals surface area contributed by atoms with E-state index in [1.165, 1.54) is 0 Å². The summed E-state index contributed by atoms with van der Waals surface area (Å²) in [4.78, 5) is 26.0. The van der Waals surface area contributed by atoms with Crippen molar-refractivity contribution >= 4 is 29.1 Å². The van der Waals surface area contributed by atoms with Crippen molar-refractivity contribution in [2.45, 2.75) is 50.6 Å². The summed E-state index contributed by atoms with van der Waals surface area (Å²) in [6.45, 7) is 0. The minimum Gasteiger partial charge on any atom is -0.496 e. The van der Waals surface area contributed by atoms with Crippen LogP contribution in [0.1, 0.15) is 54.2 Å². The van der Waals surface area contributed by atoms with Gasteiger partial charge in [0.15, 0.2) is 10.8 Å². The molecular formula is C28H33N5O4S. The first-order valence-electron chi connectivity index (χ1n) is 12.6. The molecule has 3 aromatic rings. The van der Waals surface area contributed by atoms with Crippen LogP contribution in [-0.4, -0.2) is 47.0 Å². The molecule has 4 N–H and O–H groups in total. The van der Waals surface area contributed by atoms with Gasteiger partial charge in [0, 0.05) is 12.5 Å². The van der Waals surface area contributed by atoms with E-state index in [2.05, 4.69) is 10.6 Å². The second-order valence-electron chi connectivity index (χ2n) is 9.31. The van der Waals surface area contributed by atoms with E-state index in [9.17, 15) is 9.59 Å². The number of methoxy groups -OCH3 is 2. The van der Waals surface area contributed by atoms with Gasteiger partial charge in [0.05, 0.1) is 31.5 Å². The Morgan fingerprint density at radius 3 is 2.34 bits per heavy atom. The van der Waals surface area contributed by atoms with Gasteiger partial charge < -0.3 is 25.8 Å². The van der Waals surface area contributed by atoms with Gasteiger partial charge in [-0.3, -0.25) is 14.3 Å². The van der Waals surface area contributed by atoms with E-state index < -0.39 is 6.04 Å². The number of nitrogens with two attached hydrogens (primary N) is 1. The van der Waals surface area contributed by atoms with Gasteiger partial charge in [-0.15, -0.1) is 0 Å². The molecular weight excluding hydrogens is 502 g/mol. The Morgan fingerprint density at radius 1 is 1.08 bits per heavy atom. The number of rotatable bonds is 10. The Kier molecular flexibility index (Phi) is 8.96. The van der Waals surface area contributed by atoms with E-state index in [0.717, 1.165) is 42.5 Å². The second-order valence-corrected chi connectivity index (χ2v) is 9.75. The van der Waals surface area contributed by atoms with Crippen LogP contribution < -0.4 is 25.8 Å². The maximum atomic E-state index is 13.5. The van der Waals surface area contributed by atoms with Crippen LogP contribution in [0.25, 0.3) is 11.3 Å². The smallest absolute Gasteiger partial charge is 0.272 e. The number of nitrogens with one attached hydrogen (secondary N) is 2. The number of nitrogens with zero attached hydrogens (tertiary/aromatic N) is 2. The van der Waals surface area contributed by atoms with Crippen LogP contribution >= 0.6 is 12.2 Å². The van der Waals surface area contributed by atoms with Crippen LogP contribution in [0.15, 0.2) is 54.6 Å². The zero-order valence-electron chi connectivity index (χ0n) is 21.6. The number of aromatic nitrogens is 2. The number of amides is 2. The van der Waals surface area contributed by atoms with Crippen molar-refractivity contribution < 1.29 is 19.1 Å². The van der Waals surface area contributed by atoms with Gasteiger partial charge in [-0.2, -0.15) is 5.10 Å². The summed E-state index contributed by atoms with van der Waals surface area (Å²) in [5, 5.41) is 10.1. The van der Waals surface area contributed by atoms with Crippen molar-refractivity contribution in [2.24, 2.45) is 5.73 Å². The van der Waals surface area contributed by atoms with E-state index in [-0.39, 0.29) is 35.1 Å². The summed E-state index contributed by atoms with van der Waals surface area (Å²) >= 11 is 4.80. The zero-order chi connectivity index (χ0) is 27.1. The van der Waals surface area contributed by atoms with Crippen molar-refractivity contribution in [3.63, 3.8) is 0 Å². The van der Waals surface area contributed by atoms with Crippen LogP contribution in [0.5, 0.6) is 11.5 Å². The van der Waals surface area contributed by atoms with Gasteiger partial charge in [-0.05, 0) is 55.2 Å². The van der Waals surface area contributed by atoms with Crippen molar-refractivity contribution in [2.75, 3.05) is 14.2 Å². The van der Waals surface area contributed by atoms with Gasteiger partial charge in [0.25, 0.3) is 5.91 Å². The summed E-state index contributed by atoms with van der Waals surface area (Å²) < 4.78 is 13.2. The highest BCUT2D eigenvalue weighted by atomic mass is 32.1. The van der Waals surface area contributed by atoms with Crippen LogP contribution in [0, 0.1) is 0 Å². The Hall–Kier alpha value is -3.92. The molecule has 38 heavy (non-hydrogen) atoms. The molecule has 4 rings (SSSR count). The predicted octanol–water partition coefficient (Wildman–Crippen LogP) is 3.77. The third-order valence-corrected chi connectivity index (χ3v) is 6.78. The molecule has 1 unspecified atom stereocenters. The summed E-state index contributed by atoms with van der Waals surface area (Å²) in [7, 11) is 3.21. The molecule has 200 valence electrons. The minimum atomic E-state index is -0.500. The van der Waals surface area contributed by atoms with Gasteiger partial charge >= 0.3 is 0 Å². The molecule has 1 aliphatic rings. The summed E-state index contributed by atoms with van der Waals surface area (Å²) in [5.74, 6) is 0.522. The van der Waals surface area contributed by atoms with Crippen LogP contribution in [-0.2, 0) is 11.2 Å². The highest BCUT2D eigenvalue weighted by molar-refractivity contribution is 7.80. The van der Waals surface area contributed by atoms with Crippen molar-refractivity contribution in [3.8, 4) is 22.8 Å². The monoisotopic (exact) mass is 535 g/mol. The third-order valence-electron chi connectivity index (χ3n) is 6.68. The number of benzene rings is 2. The van der Waals surface area contributed by atoms with Crippen molar-refractivity contribution in [1.82, 2.24) is 20.4 Å². The molecule has 1 aliphatic carbocycles. The zero-order valence-corrected chi connectivity index (χ0v) is 22.4. The van der Waals surface area contributed by atoms with Crippen molar-refractivity contribution in [3.05, 3.63) is 65.9 Å². The Morgan fingerprint density at radius 2 is 1.74 bits per heavy atom. The molecule has 0 bridgehead atoms. The average molecular weight is 536 g/mol. The lowest BCUT2D eigenvalue weighted by Crippen LogP contribution is -2.43. The minimum absolute atomic E-state index is 0.00843. The number of thiocarbonyl (C=S) groups is 1. The largest absolute Gasteiger partial charge is 0.496 e. The highest BCUT2D eigenvalue weighted by Crippen LogP contribution is 2.41. The third kappa shape index (κ3) is 6.49. The Labute approximate surface area is 227 Å². The summed E-state index contributed by atoms with van der Waals surface area (Å²) in [6.07, 6.45) is 4.62. The molecule has 0 radical (unpaired) electrons. The number of carbonyl (C=O) groups is 2. The van der Waals surface area contributed by atoms with Gasteiger partial charge in [0.1, 0.15) is 11.5 Å². The first kappa shape index (κ1) is 27.1. The fraction of sp³-hybridized carbons (Fsp3) is 0.357. The first-order valence-corrected chi connectivity index (χ1v) is 13.1. The lowest BCUT2D eigenvalue weighted by Gasteiger charge is -2.18. The Bertz CT molecular complexity index is 1270. The lowest BCUT2D eigenvalue weighted by atomic mass is 10.0. The fourth-order valence-corrected chi connectivity index (χ4v) is 5.08. The molecule has 1 aromatic heterocycles. The van der Waals surface area contributed by atoms with E-state index in [0.29, 0.717) is 17.9 Å². The Balaban J connectivity index is 1.67. The molecule has 1 atom stereocenters. The number of ether oxygens (including phenoxy) is 2. The molecule has 0 aliphatic heterocycles. The van der Waals surface area contributed by atoms with E-state index >= 15 is 0 Å². The van der Waals surface area contributed by atoms with E-state index in [4.69, 9.17) is 32.5 Å².